The van der Waals surface area contributed by atoms with Crippen molar-refractivity contribution in [2.75, 3.05) is 0 Å². The SMILES string of the molecule is CCc1ccccc1C1(C)CC2CCC(C1)N2C(c1ccccc1C)c1ccccc1C. The van der Waals surface area contributed by atoms with E-state index in [-0.39, 0.29) is 5.41 Å². The molecule has 1 nitrogen and oxygen atoms in total. The monoisotopic (exact) mass is 423 g/mol. The minimum Gasteiger partial charge on any atom is -0.286 e. The molecule has 0 aliphatic carbocycles. The summed E-state index contributed by atoms with van der Waals surface area (Å²) in [6.07, 6.45) is 6.29. The second-order valence-electron chi connectivity index (χ2n) is 10.4. The van der Waals surface area contributed by atoms with Crippen molar-refractivity contribution < 1.29 is 0 Å². The first kappa shape index (κ1) is 21.5. The maximum Gasteiger partial charge on any atom is 0.0611 e. The van der Waals surface area contributed by atoms with Crippen molar-refractivity contribution in [3.05, 3.63) is 106 Å². The predicted octanol–water partition coefficient (Wildman–Crippen LogP) is 7.54. The molecule has 2 unspecified atom stereocenters. The summed E-state index contributed by atoms with van der Waals surface area (Å²) in [6.45, 7) is 9.42. The van der Waals surface area contributed by atoms with Crippen LogP contribution in [0.3, 0.4) is 0 Å². The van der Waals surface area contributed by atoms with E-state index < -0.39 is 0 Å². The highest BCUT2D eigenvalue weighted by Crippen LogP contribution is 2.52. The normalized spacial score (nSPS) is 25.4. The molecule has 2 atom stereocenters. The molecule has 0 amide bonds. The van der Waals surface area contributed by atoms with Crippen LogP contribution in [-0.2, 0) is 11.8 Å². The second-order valence-corrected chi connectivity index (χ2v) is 10.4. The molecule has 0 spiro atoms. The summed E-state index contributed by atoms with van der Waals surface area (Å²) >= 11 is 0. The van der Waals surface area contributed by atoms with Crippen LogP contribution in [-0.4, -0.2) is 17.0 Å². The van der Waals surface area contributed by atoms with E-state index in [9.17, 15) is 0 Å². The zero-order valence-corrected chi connectivity index (χ0v) is 20.1. The molecule has 2 fully saturated rings. The summed E-state index contributed by atoms with van der Waals surface area (Å²) in [5, 5.41) is 0. The van der Waals surface area contributed by atoms with E-state index >= 15 is 0 Å². The molecule has 2 aliphatic heterocycles. The number of hydrogen-bond acceptors (Lipinski definition) is 1. The fourth-order valence-electron chi connectivity index (χ4n) is 6.85. The zero-order valence-electron chi connectivity index (χ0n) is 20.1. The molecule has 0 aromatic heterocycles. The third-order valence-electron chi connectivity index (χ3n) is 8.36. The highest BCUT2D eigenvalue weighted by Gasteiger charge is 2.50. The average molecular weight is 424 g/mol. The van der Waals surface area contributed by atoms with Crippen LogP contribution in [0.5, 0.6) is 0 Å². The van der Waals surface area contributed by atoms with Crippen molar-refractivity contribution in [2.24, 2.45) is 0 Å². The molecule has 1 heteroatoms. The van der Waals surface area contributed by atoms with Gasteiger partial charge < -0.3 is 0 Å². The molecule has 0 N–H and O–H groups in total. The van der Waals surface area contributed by atoms with Crippen LogP contribution in [0.25, 0.3) is 0 Å². The Labute approximate surface area is 194 Å². The second kappa shape index (κ2) is 8.52. The quantitative estimate of drug-likeness (QED) is 0.410. The Bertz CT molecular complexity index is 1040. The van der Waals surface area contributed by atoms with Crippen LogP contribution < -0.4 is 0 Å². The number of nitrogens with zero attached hydrogens (tertiary/aromatic N) is 1. The van der Waals surface area contributed by atoms with Crippen LogP contribution in [0, 0.1) is 13.8 Å². The third-order valence-corrected chi connectivity index (χ3v) is 8.36. The van der Waals surface area contributed by atoms with Gasteiger partial charge in [0.05, 0.1) is 6.04 Å². The van der Waals surface area contributed by atoms with Crippen LogP contribution >= 0.6 is 0 Å². The maximum atomic E-state index is 2.92. The summed E-state index contributed by atoms with van der Waals surface area (Å²) in [7, 11) is 0. The Hall–Kier alpha value is -2.38. The van der Waals surface area contributed by atoms with Crippen LogP contribution in [0.4, 0.5) is 0 Å². The first-order chi connectivity index (χ1) is 15.5. The highest BCUT2D eigenvalue weighted by atomic mass is 15.3. The van der Waals surface area contributed by atoms with E-state index in [1.165, 1.54) is 53.5 Å². The lowest BCUT2D eigenvalue weighted by molar-refractivity contribution is 0.0630. The van der Waals surface area contributed by atoms with Crippen molar-refractivity contribution in [3.63, 3.8) is 0 Å². The van der Waals surface area contributed by atoms with Gasteiger partial charge in [0, 0.05) is 12.1 Å². The van der Waals surface area contributed by atoms with Gasteiger partial charge in [0.2, 0.25) is 0 Å². The Morgan fingerprint density at radius 1 is 0.781 bits per heavy atom. The molecule has 2 heterocycles. The first-order valence-electron chi connectivity index (χ1n) is 12.5. The lowest BCUT2D eigenvalue weighted by Crippen LogP contribution is -2.50. The molecule has 2 aliphatic rings. The van der Waals surface area contributed by atoms with Crippen LogP contribution in [0.1, 0.15) is 79.0 Å². The Morgan fingerprint density at radius 2 is 1.28 bits per heavy atom. The lowest BCUT2D eigenvalue weighted by Gasteiger charge is -2.49. The Morgan fingerprint density at radius 3 is 1.81 bits per heavy atom. The molecule has 166 valence electrons. The van der Waals surface area contributed by atoms with Gasteiger partial charge in [0.1, 0.15) is 0 Å². The van der Waals surface area contributed by atoms with Crippen LogP contribution in [0.2, 0.25) is 0 Å². The van der Waals surface area contributed by atoms with Gasteiger partial charge in [0.25, 0.3) is 0 Å². The molecule has 3 aromatic rings. The number of fused-ring (bicyclic) bond motifs is 2. The fourth-order valence-corrected chi connectivity index (χ4v) is 6.85. The molecule has 3 aromatic carbocycles. The molecular weight excluding hydrogens is 386 g/mol. The van der Waals surface area contributed by atoms with Gasteiger partial charge in [-0.25, -0.2) is 0 Å². The van der Waals surface area contributed by atoms with Gasteiger partial charge in [-0.15, -0.1) is 0 Å². The number of hydrogen-bond donors (Lipinski definition) is 0. The number of aryl methyl sites for hydroxylation is 3. The summed E-state index contributed by atoms with van der Waals surface area (Å²) < 4.78 is 0. The van der Waals surface area contributed by atoms with E-state index in [4.69, 9.17) is 0 Å². The van der Waals surface area contributed by atoms with Crippen molar-refractivity contribution in [2.45, 2.75) is 83.3 Å². The van der Waals surface area contributed by atoms with E-state index in [2.05, 4.69) is 105 Å². The Balaban J connectivity index is 1.57. The van der Waals surface area contributed by atoms with Crippen molar-refractivity contribution in [1.82, 2.24) is 4.90 Å². The summed E-state index contributed by atoms with van der Waals surface area (Å²) in [5.41, 5.74) is 9.19. The lowest BCUT2D eigenvalue weighted by atomic mass is 9.69. The number of rotatable bonds is 5. The smallest absolute Gasteiger partial charge is 0.0611 e. The standard InChI is InChI=1S/C31H37N/c1-5-24-14-8-11-17-29(24)31(4)20-25-18-19-26(21-31)32(25)30(27-15-9-6-12-22(27)2)28-16-10-7-13-23(28)3/h6-17,25-26,30H,5,18-21H2,1-4H3. The summed E-state index contributed by atoms with van der Waals surface area (Å²) in [5.74, 6) is 0. The highest BCUT2D eigenvalue weighted by molar-refractivity contribution is 5.42. The summed E-state index contributed by atoms with van der Waals surface area (Å²) in [6, 6.07) is 28.9. The topological polar surface area (TPSA) is 3.24 Å². The van der Waals surface area contributed by atoms with Crippen molar-refractivity contribution >= 4 is 0 Å². The van der Waals surface area contributed by atoms with E-state index in [1.54, 1.807) is 5.56 Å². The zero-order chi connectivity index (χ0) is 22.3. The molecular formula is C31H37N. The predicted molar refractivity (Wildman–Crippen MR) is 135 cm³/mol. The van der Waals surface area contributed by atoms with Crippen LogP contribution in [0.15, 0.2) is 72.8 Å². The van der Waals surface area contributed by atoms with Gasteiger partial charge in [0.15, 0.2) is 0 Å². The minimum atomic E-state index is 0.275. The number of piperidine rings is 1. The molecule has 32 heavy (non-hydrogen) atoms. The average Bonchev–Trinajstić information content (AvgIpc) is 3.07. The van der Waals surface area contributed by atoms with E-state index in [0.717, 1.165) is 6.42 Å². The van der Waals surface area contributed by atoms with E-state index in [1.807, 2.05) is 0 Å². The third kappa shape index (κ3) is 3.61. The van der Waals surface area contributed by atoms with Crippen molar-refractivity contribution in [1.29, 1.82) is 0 Å². The number of benzene rings is 3. The van der Waals surface area contributed by atoms with Gasteiger partial charge in [-0.2, -0.15) is 0 Å². The largest absolute Gasteiger partial charge is 0.286 e. The first-order valence-corrected chi connectivity index (χ1v) is 12.5. The van der Waals surface area contributed by atoms with Gasteiger partial charge in [-0.1, -0.05) is 86.6 Å². The molecule has 2 bridgehead atoms. The van der Waals surface area contributed by atoms with Gasteiger partial charge in [-0.3, -0.25) is 4.90 Å². The fraction of sp³-hybridized carbons (Fsp3) is 0.419. The Kier molecular flexibility index (Phi) is 5.72. The van der Waals surface area contributed by atoms with Gasteiger partial charge in [-0.05, 0) is 84.7 Å². The maximum absolute atomic E-state index is 2.92. The molecule has 0 saturated carbocycles. The van der Waals surface area contributed by atoms with Gasteiger partial charge >= 0.3 is 0 Å². The minimum absolute atomic E-state index is 0.275. The van der Waals surface area contributed by atoms with E-state index in [0.29, 0.717) is 18.1 Å². The molecule has 5 rings (SSSR count). The molecule has 2 saturated heterocycles. The molecule has 0 radical (unpaired) electrons. The summed E-state index contributed by atoms with van der Waals surface area (Å²) in [4.78, 5) is 2.92. The van der Waals surface area contributed by atoms with Crippen molar-refractivity contribution in [3.8, 4) is 0 Å².